The largest absolute Gasteiger partial charge is 0.306 e. The third kappa shape index (κ3) is 3.61. The SMILES string of the molecule is CCCNC(c1cc(Br)c(Cl)s1)c1cc(F)ccc1C. The van der Waals surface area contributed by atoms with E-state index in [0.29, 0.717) is 0 Å². The van der Waals surface area contributed by atoms with Gasteiger partial charge in [0.25, 0.3) is 0 Å². The standard InChI is InChI=1S/C15H16BrClFNS/c1-3-6-19-14(13-8-12(16)15(17)20-13)11-7-10(18)5-4-9(11)2/h4-5,7-8,14,19H,3,6H2,1-2H3. The molecule has 0 radical (unpaired) electrons. The molecule has 1 heterocycles. The van der Waals surface area contributed by atoms with Crippen molar-refractivity contribution < 1.29 is 4.39 Å². The summed E-state index contributed by atoms with van der Waals surface area (Å²) in [5.74, 6) is -0.212. The van der Waals surface area contributed by atoms with Gasteiger partial charge in [-0.1, -0.05) is 24.6 Å². The molecule has 2 rings (SSSR count). The van der Waals surface area contributed by atoms with E-state index < -0.39 is 0 Å². The third-order valence-electron chi connectivity index (χ3n) is 3.10. The van der Waals surface area contributed by atoms with Crippen molar-refractivity contribution in [2.75, 3.05) is 6.54 Å². The van der Waals surface area contributed by atoms with Crippen LogP contribution in [0.4, 0.5) is 4.39 Å². The second-order valence-corrected chi connectivity index (χ2v) is 7.20. The Balaban J connectivity index is 2.43. The van der Waals surface area contributed by atoms with Crippen molar-refractivity contribution in [2.24, 2.45) is 0 Å². The van der Waals surface area contributed by atoms with E-state index >= 15 is 0 Å². The topological polar surface area (TPSA) is 12.0 Å². The normalized spacial score (nSPS) is 12.7. The van der Waals surface area contributed by atoms with E-state index in [0.717, 1.165) is 37.8 Å². The molecule has 1 N–H and O–H groups in total. The second kappa shape index (κ2) is 7.03. The monoisotopic (exact) mass is 375 g/mol. The van der Waals surface area contributed by atoms with Gasteiger partial charge in [-0.15, -0.1) is 11.3 Å². The van der Waals surface area contributed by atoms with Crippen LogP contribution < -0.4 is 5.32 Å². The van der Waals surface area contributed by atoms with Crippen LogP contribution in [-0.2, 0) is 0 Å². The first kappa shape index (κ1) is 16.0. The number of hydrogen-bond donors (Lipinski definition) is 1. The molecule has 1 atom stereocenters. The van der Waals surface area contributed by atoms with Crippen molar-refractivity contribution in [3.63, 3.8) is 0 Å². The molecule has 1 aromatic carbocycles. The van der Waals surface area contributed by atoms with Crippen LogP contribution in [0.5, 0.6) is 0 Å². The van der Waals surface area contributed by atoms with Crippen molar-refractivity contribution in [3.8, 4) is 0 Å². The average Bonchev–Trinajstić information content (AvgIpc) is 2.74. The minimum atomic E-state index is -0.212. The number of benzene rings is 1. The van der Waals surface area contributed by atoms with E-state index in [2.05, 4.69) is 28.2 Å². The highest BCUT2D eigenvalue weighted by atomic mass is 79.9. The summed E-state index contributed by atoms with van der Waals surface area (Å²) >= 11 is 11.1. The van der Waals surface area contributed by atoms with Crippen molar-refractivity contribution in [1.82, 2.24) is 5.32 Å². The molecule has 0 bridgehead atoms. The maximum Gasteiger partial charge on any atom is 0.123 e. The average molecular weight is 377 g/mol. The second-order valence-electron chi connectivity index (χ2n) is 4.66. The van der Waals surface area contributed by atoms with Crippen LogP contribution in [0.15, 0.2) is 28.7 Å². The van der Waals surface area contributed by atoms with Gasteiger partial charge in [0, 0.05) is 9.35 Å². The molecule has 0 aliphatic carbocycles. The number of rotatable bonds is 5. The summed E-state index contributed by atoms with van der Waals surface area (Å²) < 4.78 is 15.2. The zero-order valence-corrected chi connectivity index (χ0v) is 14.5. The Bertz CT molecular complexity index is 580. The Kier molecular flexibility index (Phi) is 5.61. The van der Waals surface area contributed by atoms with Gasteiger partial charge in [0.1, 0.15) is 10.2 Å². The van der Waals surface area contributed by atoms with E-state index in [-0.39, 0.29) is 11.9 Å². The molecule has 0 aliphatic heterocycles. The highest BCUT2D eigenvalue weighted by molar-refractivity contribution is 9.10. The van der Waals surface area contributed by atoms with Gasteiger partial charge >= 0.3 is 0 Å². The maximum absolute atomic E-state index is 13.6. The fraction of sp³-hybridized carbons (Fsp3) is 0.333. The summed E-state index contributed by atoms with van der Waals surface area (Å²) in [6, 6.07) is 6.89. The number of thiophene rings is 1. The molecule has 0 amide bonds. The van der Waals surface area contributed by atoms with Gasteiger partial charge < -0.3 is 5.32 Å². The number of hydrogen-bond acceptors (Lipinski definition) is 2. The van der Waals surface area contributed by atoms with E-state index in [1.165, 1.54) is 17.4 Å². The van der Waals surface area contributed by atoms with E-state index in [9.17, 15) is 4.39 Å². The van der Waals surface area contributed by atoms with E-state index in [4.69, 9.17) is 11.6 Å². The molecule has 0 spiro atoms. The smallest absolute Gasteiger partial charge is 0.123 e. The third-order valence-corrected chi connectivity index (χ3v) is 5.64. The van der Waals surface area contributed by atoms with Gasteiger partial charge in [-0.05, 0) is 65.1 Å². The van der Waals surface area contributed by atoms with Gasteiger partial charge in [-0.3, -0.25) is 0 Å². The summed E-state index contributed by atoms with van der Waals surface area (Å²) in [4.78, 5) is 1.09. The Labute approximate surface area is 136 Å². The molecule has 0 fully saturated rings. The highest BCUT2D eigenvalue weighted by Crippen LogP contribution is 2.38. The van der Waals surface area contributed by atoms with Crippen molar-refractivity contribution >= 4 is 38.9 Å². The fourth-order valence-corrected chi connectivity index (χ4v) is 3.91. The van der Waals surface area contributed by atoms with Crippen LogP contribution in [0.25, 0.3) is 0 Å². The zero-order chi connectivity index (χ0) is 14.7. The Morgan fingerprint density at radius 1 is 1.40 bits per heavy atom. The van der Waals surface area contributed by atoms with Crippen molar-refractivity contribution in [3.05, 3.63) is 54.9 Å². The fourth-order valence-electron chi connectivity index (χ4n) is 2.08. The van der Waals surface area contributed by atoms with Crippen molar-refractivity contribution in [1.29, 1.82) is 0 Å². The minimum absolute atomic E-state index is 0.0283. The number of nitrogens with one attached hydrogen (secondary N) is 1. The van der Waals surface area contributed by atoms with Crippen LogP contribution in [0.2, 0.25) is 4.34 Å². The molecule has 5 heteroatoms. The quantitative estimate of drug-likeness (QED) is 0.705. The molecule has 0 saturated heterocycles. The van der Waals surface area contributed by atoms with E-state index in [1.807, 2.05) is 19.1 Å². The lowest BCUT2D eigenvalue weighted by Crippen LogP contribution is -2.23. The summed E-state index contributed by atoms with van der Waals surface area (Å²) in [6.45, 7) is 4.98. The lowest BCUT2D eigenvalue weighted by Gasteiger charge is -2.20. The molecular weight excluding hydrogens is 361 g/mol. The molecule has 1 nitrogen and oxygen atoms in total. The number of halogens is 3. The Morgan fingerprint density at radius 2 is 2.15 bits per heavy atom. The van der Waals surface area contributed by atoms with Crippen LogP contribution in [-0.4, -0.2) is 6.54 Å². The molecule has 108 valence electrons. The summed E-state index contributed by atoms with van der Waals surface area (Å²) in [5, 5.41) is 3.47. The van der Waals surface area contributed by atoms with Gasteiger partial charge in [0.15, 0.2) is 0 Å². The number of aryl methyl sites for hydroxylation is 1. The predicted octanol–water partition coefficient (Wildman–Crippen LogP) is 5.70. The van der Waals surface area contributed by atoms with Crippen LogP contribution in [0.1, 0.15) is 35.4 Å². The van der Waals surface area contributed by atoms with Crippen LogP contribution >= 0.6 is 38.9 Å². The van der Waals surface area contributed by atoms with Crippen LogP contribution in [0, 0.1) is 12.7 Å². The highest BCUT2D eigenvalue weighted by Gasteiger charge is 2.19. The molecule has 0 aliphatic rings. The van der Waals surface area contributed by atoms with Gasteiger partial charge in [0.2, 0.25) is 0 Å². The first-order chi connectivity index (χ1) is 9.52. The summed E-state index contributed by atoms with van der Waals surface area (Å²) in [5.41, 5.74) is 2.03. The van der Waals surface area contributed by atoms with Gasteiger partial charge in [-0.2, -0.15) is 0 Å². The van der Waals surface area contributed by atoms with Gasteiger partial charge in [-0.25, -0.2) is 4.39 Å². The first-order valence-electron chi connectivity index (χ1n) is 6.47. The van der Waals surface area contributed by atoms with Crippen molar-refractivity contribution in [2.45, 2.75) is 26.3 Å². The van der Waals surface area contributed by atoms with E-state index in [1.54, 1.807) is 6.07 Å². The Hall–Kier alpha value is -0.420. The Morgan fingerprint density at radius 3 is 2.75 bits per heavy atom. The first-order valence-corrected chi connectivity index (χ1v) is 8.45. The molecule has 20 heavy (non-hydrogen) atoms. The lowest BCUT2D eigenvalue weighted by atomic mass is 9.99. The van der Waals surface area contributed by atoms with Gasteiger partial charge in [0.05, 0.1) is 6.04 Å². The molecule has 1 unspecified atom stereocenters. The maximum atomic E-state index is 13.6. The molecule has 0 saturated carbocycles. The summed E-state index contributed by atoms with van der Waals surface area (Å²) in [7, 11) is 0. The molecule has 1 aromatic heterocycles. The summed E-state index contributed by atoms with van der Waals surface area (Å²) in [6.07, 6.45) is 1.02. The predicted molar refractivity (Wildman–Crippen MR) is 88.3 cm³/mol. The molecular formula is C15H16BrClFNS. The molecule has 2 aromatic rings. The lowest BCUT2D eigenvalue weighted by molar-refractivity contribution is 0.588. The zero-order valence-electron chi connectivity index (χ0n) is 11.3. The van der Waals surface area contributed by atoms with Crippen LogP contribution in [0.3, 0.4) is 0 Å². The minimum Gasteiger partial charge on any atom is -0.306 e.